The first-order valence-electron chi connectivity index (χ1n) is 4.32. The van der Waals surface area contributed by atoms with Gasteiger partial charge >= 0.3 is 5.97 Å². The maximum atomic E-state index is 13.0. The number of hydrogen-bond acceptors (Lipinski definition) is 3. The average Bonchev–Trinajstić information content (AvgIpc) is 2.44. The maximum absolute atomic E-state index is 13.0. The molecule has 0 fully saturated rings. The lowest BCUT2D eigenvalue weighted by Gasteiger charge is -2.06. The zero-order valence-electron chi connectivity index (χ0n) is 8.54. The summed E-state index contributed by atoms with van der Waals surface area (Å²) in [7, 11) is 0. The molecule has 6 heteroatoms. The molecule has 1 N–H and O–H groups in total. The van der Waals surface area contributed by atoms with Gasteiger partial charge in [-0.25, -0.2) is 13.8 Å². The quantitative estimate of drug-likeness (QED) is 0.876. The highest BCUT2D eigenvalue weighted by Crippen LogP contribution is 2.36. The van der Waals surface area contributed by atoms with Gasteiger partial charge in [-0.2, -0.15) is 0 Å². The Morgan fingerprint density at radius 1 is 1.60 bits per heavy atom. The van der Waals surface area contributed by atoms with Crippen LogP contribution in [-0.2, 0) is 10.7 Å². The first kappa shape index (κ1) is 12.0. The Morgan fingerprint density at radius 3 is 2.47 bits per heavy atom. The van der Waals surface area contributed by atoms with Gasteiger partial charge in [0, 0.05) is 6.92 Å². The molecule has 0 aromatic carbocycles. The predicted molar refractivity (Wildman–Crippen MR) is 52.5 cm³/mol. The number of carboxylic acid groups (broad SMARTS) is 1. The number of nitrogens with zero attached hydrogens (tertiary/aromatic N) is 1. The van der Waals surface area contributed by atoms with Crippen molar-refractivity contribution in [3.63, 3.8) is 0 Å². The van der Waals surface area contributed by atoms with Gasteiger partial charge in [0.1, 0.15) is 10.9 Å². The molecule has 1 aromatic rings. The molecule has 1 aromatic heterocycles. The minimum absolute atomic E-state index is 0.161. The highest BCUT2D eigenvalue weighted by atomic mass is 32.1. The van der Waals surface area contributed by atoms with Gasteiger partial charge in [-0.05, 0) is 13.8 Å². The van der Waals surface area contributed by atoms with E-state index >= 15 is 0 Å². The van der Waals surface area contributed by atoms with Crippen molar-refractivity contribution in [3.05, 3.63) is 15.6 Å². The lowest BCUT2D eigenvalue weighted by Crippen LogP contribution is -2.06. The molecular weight excluding hydrogens is 224 g/mol. The maximum Gasteiger partial charge on any atom is 0.313 e. The largest absolute Gasteiger partial charge is 0.481 e. The summed E-state index contributed by atoms with van der Waals surface area (Å²) < 4.78 is 26.0. The van der Waals surface area contributed by atoms with Crippen molar-refractivity contribution in [2.75, 3.05) is 0 Å². The summed E-state index contributed by atoms with van der Waals surface area (Å²) in [6, 6.07) is 0. The van der Waals surface area contributed by atoms with Crippen molar-refractivity contribution >= 4 is 17.3 Å². The number of carbonyl (C=O) groups is 1. The summed E-state index contributed by atoms with van der Waals surface area (Å²) in [5.41, 5.74) is 0.204. The second-order valence-electron chi connectivity index (χ2n) is 3.41. The fourth-order valence-corrected chi connectivity index (χ4v) is 2.16. The Labute approximate surface area is 89.8 Å². The van der Waals surface area contributed by atoms with Crippen LogP contribution in [0.25, 0.3) is 0 Å². The van der Waals surface area contributed by atoms with Crippen LogP contribution in [0.2, 0.25) is 0 Å². The molecule has 15 heavy (non-hydrogen) atoms. The number of carboxylic acids is 1. The third kappa shape index (κ3) is 2.50. The number of alkyl halides is 2. The van der Waals surface area contributed by atoms with Crippen molar-refractivity contribution in [3.8, 4) is 0 Å². The van der Waals surface area contributed by atoms with Gasteiger partial charge in [-0.15, -0.1) is 11.3 Å². The van der Waals surface area contributed by atoms with E-state index in [0.717, 1.165) is 18.3 Å². The second kappa shape index (κ2) is 3.84. The van der Waals surface area contributed by atoms with E-state index < -0.39 is 17.8 Å². The minimum Gasteiger partial charge on any atom is -0.481 e. The molecule has 0 radical (unpaired) electrons. The number of aryl methyl sites for hydroxylation is 1. The number of halogens is 2. The van der Waals surface area contributed by atoms with E-state index in [1.807, 2.05) is 0 Å². The molecular formula is C9H11F2NO2S. The highest BCUT2D eigenvalue weighted by Gasteiger charge is 2.31. The van der Waals surface area contributed by atoms with Crippen molar-refractivity contribution < 1.29 is 18.7 Å². The Bertz CT molecular complexity index is 384. The highest BCUT2D eigenvalue weighted by molar-refractivity contribution is 7.12. The Hall–Kier alpha value is -1.04. The molecule has 1 atom stereocenters. The molecule has 0 saturated carbocycles. The van der Waals surface area contributed by atoms with E-state index in [9.17, 15) is 13.6 Å². The third-order valence-electron chi connectivity index (χ3n) is 1.95. The van der Waals surface area contributed by atoms with Crippen LogP contribution in [0.3, 0.4) is 0 Å². The number of aromatic nitrogens is 1. The first-order valence-corrected chi connectivity index (χ1v) is 5.13. The van der Waals surface area contributed by atoms with Gasteiger partial charge in [0.05, 0.1) is 10.6 Å². The van der Waals surface area contributed by atoms with Crippen molar-refractivity contribution in [2.24, 2.45) is 0 Å². The second-order valence-corrected chi connectivity index (χ2v) is 4.45. The van der Waals surface area contributed by atoms with Gasteiger partial charge in [-0.1, -0.05) is 0 Å². The van der Waals surface area contributed by atoms with E-state index in [1.165, 1.54) is 13.8 Å². The topological polar surface area (TPSA) is 50.2 Å². The van der Waals surface area contributed by atoms with Gasteiger partial charge in [0.25, 0.3) is 5.92 Å². The normalized spacial score (nSPS) is 13.9. The molecule has 1 unspecified atom stereocenters. The summed E-state index contributed by atoms with van der Waals surface area (Å²) >= 11 is 0.761. The summed E-state index contributed by atoms with van der Waals surface area (Å²) in [6.45, 7) is 3.67. The van der Waals surface area contributed by atoms with Crippen LogP contribution in [-0.4, -0.2) is 16.1 Å². The Balaban J connectivity index is 3.11. The molecule has 0 saturated heterocycles. The Morgan fingerprint density at radius 2 is 2.13 bits per heavy atom. The zero-order valence-corrected chi connectivity index (χ0v) is 9.36. The lowest BCUT2D eigenvalue weighted by atomic mass is 10.2. The Kier molecular flexibility index (Phi) is 3.08. The third-order valence-corrected chi connectivity index (χ3v) is 3.46. The summed E-state index contributed by atoms with van der Waals surface area (Å²) in [5.74, 6) is -4.86. The van der Waals surface area contributed by atoms with E-state index in [2.05, 4.69) is 4.98 Å². The van der Waals surface area contributed by atoms with E-state index in [4.69, 9.17) is 5.11 Å². The molecule has 3 nitrogen and oxygen atoms in total. The van der Waals surface area contributed by atoms with Crippen LogP contribution >= 0.6 is 11.3 Å². The fourth-order valence-electron chi connectivity index (χ4n) is 1.12. The summed E-state index contributed by atoms with van der Waals surface area (Å²) in [6.07, 6.45) is 0. The van der Waals surface area contributed by atoms with Crippen molar-refractivity contribution in [2.45, 2.75) is 32.6 Å². The van der Waals surface area contributed by atoms with E-state index in [1.54, 1.807) is 0 Å². The van der Waals surface area contributed by atoms with E-state index in [0.29, 0.717) is 0 Å². The fraction of sp³-hybridized carbons (Fsp3) is 0.556. The average molecular weight is 235 g/mol. The molecule has 0 aliphatic heterocycles. The van der Waals surface area contributed by atoms with Crippen molar-refractivity contribution in [1.29, 1.82) is 0 Å². The minimum atomic E-state index is -2.96. The molecule has 0 aliphatic rings. The lowest BCUT2D eigenvalue weighted by molar-refractivity contribution is -0.138. The number of aliphatic carboxylic acids is 1. The standard InChI is InChI=1S/C9H11F2NO2S/c1-4(8(13)14)7-12-5(2)6(15-7)9(3,10)11/h4H,1-3H3,(H,13,14). The number of rotatable bonds is 3. The smallest absolute Gasteiger partial charge is 0.313 e. The van der Waals surface area contributed by atoms with Gasteiger partial charge in [0.15, 0.2) is 0 Å². The molecule has 0 aliphatic carbocycles. The van der Waals surface area contributed by atoms with Crippen LogP contribution in [0.15, 0.2) is 0 Å². The molecule has 0 bridgehead atoms. The van der Waals surface area contributed by atoms with Crippen LogP contribution in [0.4, 0.5) is 8.78 Å². The SMILES string of the molecule is Cc1nc(C(C)C(=O)O)sc1C(C)(F)F. The van der Waals surface area contributed by atoms with Crippen LogP contribution in [0.1, 0.15) is 35.3 Å². The number of hydrogen-bond donors (Lipinski definition) is 1. The predicted octanol–water partition coefficient (Wildman–Crippen LogP) is 2.75. The molecule has 0 spiro atoms. The van der Waals surface area contributed by atoms with Crippen LogP contribution in [0, 0.1) is 6.92 Å². The van der Waals surface area contributed by atoms with Crippen molar-refractivity contribution in [1.82, 2.24) is 4.98 Å². The van der Waals surface area contributed by atoms with Gasteiger partial charge in [-0.3, -0.25) is 4.79 Å². The van der Waals surface area contributed by atoms with Gasteiger partial charge in [0.2, 0.25) is 0 Å². The monoisotopic (exact) mass is 235 g/mol. The van der Waals surface area contributed by atoms with Crippen LogP contribution in [0.5, 0.6) is 0 Å². The number of thiazole rings is 1. The first-order chi connectivity index (χ1) is 6.73. The van der Waals surface area contributed by atoms with Crippen LogP contribution < -0.4 is 0 Å². The molecule has 1 rings (SSSR count). The van der Waals surface area contributed by atoms with Gasteiger partial charge < -0.3 is 5.11 Å². The molecule has 1 heterocycles. The van der Waals surface area contributed by atoms with E-state index in [-0.39, 0.29) is 15.6 Å². The molecule has 0 amide bonds. The molecule has 84 valence electrons. The summed E-state index contributed by atoms with van der Waals surface area (Å²) in [4.78, 5) is 14.3. The summed E-state index contributed by atoms with van der Waals surface area (Å²) in [5, 5.41) is 8.94. The zero-order chi connectivity index (χ0) is 11.8.